The molecule has 0 radical (unpaired) electrons. The third-order valence-electron chi connectivity index (χ3n) is 4.25. The van der Waals surface area contributed by atoms with Crippen molar-refractivity contribution in [1.29, 1.82) is 0 Å². The van der Waals surface area contributed by atoms with Crippen LogP contribution in [0.25, 0.3) is 0 Å². The van der Waals surface area contributed by atoms with E-state index in [1.54, 1.807) is 12.1 Å². The molecule has 140 valence electrons. The first-order chi connectivity index (χ1) is 12.9. The summed E-state index contributed by atoms with van der Waals surface area (Å²) >= 11 is 0. The Balaban J connectivity index is 1.61. The molecular formula is C20H19FN2O4. The van der Waals surface area contributed by atoms with E-state index in [1.165, 1.54) is 23.1 Å². The molecule has 0 atom stereocenters. The molecule has 0 spiro atoms. The fourth-order valence-electron chi connectivity index (χ4n) is 2.73. The molecule has 1 N–H and O–H groups in total. The lowest BCUT2D eigenvalue weighted by Crippen LogP contribution is -2.23. The fourth-order valence-corrected chi connectivity index (χ4v) is 2.73. The second-order valence-electron chi connectivity index (χ2n) is 6.27. The van der Waals surface area contributed by atoms with Crippen molar-refractivity contribution in [2.24, 2.45) is 0 Å². The highest BCUT2D eigenvalue weighted by molar-refractivity contribution is 6.00. The molecular weight excluding hydrogens is 351 g/mol. The molecule has 7 heteroatoms. The number of nitrogens with zero attached hydrogens (tertiary/aromatic N) is 1. The Morgan fingerprint density at radius 1 is 1.15 bits per heavy atom. The van der Waals surface area contributed by atoms with Crippen LogP contribution in [0.5, 0.6) is 0 Å². The molecule has 1 aliphatic heterocycles. The average Bonchev–Trinajstić information content (AvgIpc) is 3.08. The zero-order valence-electron chi connectivity index (χ0n) is 14.8. The number of aryl methyl sites for hydroxylation is 1. The number of carbonyl (C=O) groups is 3. The minimum Gasteiger partial charge on any atom is -0.447 e. The van der Waals surface area contributed by atoms with Gasteiger partial charge in [-0.05, 0) is 25.1 Å². The lowest BCUT2D eigenvalue weighted by molar-refractivity contribution is -0.116. The van der Waals surface area contributed by atoms with Crippen molar-refractivity contribution in [3.8, 4) is 0 Å². The van der Waals surface area contributed by atoms with Gasteiger partial charge in [-0.3, -0.25) is 14.5 Å². The summed E-state index contributed by atoms with van der Waals surface area (Å²) in [6.07, 6.45) is -0.556. The van der Waals surface area contributed by atoms with E-state index in [2.05, 4.69) is 5.32 Å². The number of halogens is 1. The summed E-state index contributed by atoms with van der Waals surface area (Å²) in [5, 5.41) is 2.46. The van der Waals surface area contributed by atoms with E-state index in [0.717, 1.165) is 5.56 Å². The number of benzene rings is 2. The molecule has 0 saturated carbocycles. The first kappa shape index (κ1) is 18.6. The molecule has 3 rings (SSSR count). The van der Waals surface area contributed by atoms with Crippen LogP contribution in [-0.4, -0.2) is 30.9 Å². The second kappa shape index (κ2) is 7.99. The van der Waals surface area contributed by atoms with Crippen LogP contribution < -0.4 is 10.2 Å². The number of ketones is 1. The minimum atomic E-state index is -0.621. The normalized spacial score (nSPS) is 13.4. The van der Waals surface area contributed by atoms with Crippen molar-refractivity contribution in [3.63, 3.8) is 0 Å². The Bertz CT molecular complexity index is 880. The topological polar surface area (TPSA) is 75.7 Å². The molecule has 2 aromatic carbocycles. The van der Waals surface area contributed by atoms with Crippen LogP contribution >= 0.6 is 0 Å². The van der Waals surface area contributed by atoms with Gasteiger partial charge < -0.3 is 10.1 Å². The molecule has 0 aliphatic carbocycles. The SMILES string of the molecule is Cc1ccc(C(=O)CCC(=O)Nc2cc(N3CCOC3=O)ccc2F)cc1. The van der Waals surface area contributed by atoms with Crippen molar-refractivity contribution in [2.45, 2.75) is 19.8 Å². The van der Waals surface area contributed by atoms with Gasteiger partial charge in [0.2, 0.25) is 5.91 Å². The maximum atomic E-state index is 14.0. The number of Topliss-reactive ketones (excluding diaryl/α,β-unsaturated/α-hetero) is 1. The molecule has 0 unspecified atom stereocenters. The third kappa shape index (κ3) is 4.49. The van der Waals surface area contributed by atoms with Gasteiger partial charge in [-0.15, -0.1) is 0 Å². The highest BCUT2D eigenvalue weighted by atomic mass is 19.1. The predicted octanol–water partition coefficient (Wildman–Crippen LogP) is 3.69. The smallest absolute Gasteiger partial charge is 0.414 e. The van der Waals surface area contributed by atoms with Gasteiger partial charge >= 0.3 is 6.09 Å². The summed E-state index contributed by atoms with van der Waals surface area (Å²) in [6.45, 7) is 2.55. The van der Waals surface area contributed by atoms with Gasteiger partial charge in [0.25, 0.3) is 0 Å². The molecule has 1 fully saturated rings. The fraction of sp³-hybridized carbons (Fsp3) is 0.250. The number of carbonyl (C=O) groups excluding carboxylic acids is 3. The van der Waals surface area contributed by atoms with Gasteiger partial charge in [0.15, 0.2) is 5.78 Å². The van der Waals surface area contributed by atoms with Crippen molar-refractivity contribution >= 4 is 29.2 Å². The second-order valence-corrected chi connectivity index (χ2v) is 6.27. The summed E-state index contributed by atoms with van der Waals surface area (Å²) in [5.74, 6) is -1.25. The zero-order valence-corrected chi connectivity index (χ0v) is 14.8. The lowest BCUT2D eigenvalue weighted by atomic mass is 10.0. The maximum Gasteiger partial charge on any atom is 0.414 e. The number of rotatable bonds is 6. The maximum absolute atomic E-state index is 14.0. The monoisotopic (exact) mass is 370 g/mol. The molecule has 0 aromatic heterocycles. The Kier molecular flexibility index (Phi) is 5.49. The number of nitrogens with one attached hydrogen (secondary N) is 1. The minimum absolute atomic E-state index is 0.0225. The van der Waals surface area contributed by atoms with E-state index in [-0.39, 0.29) is 30.9 Å². The number of hydrogen-bond acceptors (Lipinski definition) is 4. The third-order valence-corrected chi connectivity index (χ3v) is 4.25. The van der Waals surface area contributed by atoms with Crippen LogP contribution in [0.2, 0.25) is 0 Å². The van der Waals surface area contributed by atoms with Crippen molar-refractivity contribution in [1.82, 2.24) is 0 Å². The highest BCUT2D eigenvalue weighted by Crippen LogP contribution is 2.25. The Labute approximate surface area is 155 Å². The molecule has 1 heterocycles. The lowest BCUT2D eigenvalue weighted by Gasteiger charge is -2.15. The standard InChI is InChI=1S/C20H19FN2O4/c1-13-2-4-14(5-3-13)18(24)8-9-19(25)22-17-12-15(6-7-16(17)21)23-10-11-27-20(23)26/h2-7,12H,8-11H2,1H3,(H,22,25). The van der Waals surface area contributed by atoms with Crippen LogP contribution in [-0.2, 0) is 9.53 Å². The van der Waals surface area contributed by atoms with Gasteiger partial charge in [-0.1, -0.05) is 29.8 Å². The van der Waals surface area contributed by atoms with Crippen LogP contribution in [0.4, 0.5) is 20.6 Å². The van der Waals surface area contributed by atoms with Gasteiger partial charge in [0, 0.05) is 24.1 Å². The van der Waals surface area contributed by atoms with E-state index >= 15 is 0 Å². The van der Waals surface area contributed by atoms with E-state index in [1.807, 2.05) is 19.1 Å². The first-order valence-corrected chi connectivity index (χ1v) is 8.57. The van der Waals surface area contributed by atoms with E-state index < -0.39 is 17.8 Å². The summed E-state index contributed by atoms with van der Waals surface area (Å²) in [4.78, 5) is 37.2. The van der Waals surface area contributed by atoms with Crippen molar-refractivity contribution in [3.05, 3.63) is 59.4 Å². The summed E-state index contributed by atoms with van der Waals surface area (Å²) in [5.41, 5.74) is 1.97. The summed E-state index contributed by atoms with van der Waals surface area (Å²) in [7, 11) is 0. The van der Waals surface area contributed by atoms with Gasteiger partial charge in [0.05, 0.1) is 12.2 Å². The largest absolute Gasteiger partial charge is 0.447 e. The highest BCUT2D eigenvalue weighted by Gasteiger charge is 2.24. The predicted molar refractivity (Wildman–Crippen MR) is 98.5 cm³/mol. The molecule has 1 aliphatic rings. The van der Waals surface area contributed by atoms with Crippen LogP contribution in [0, 0.1) is 12.7 Å². The van der Waals surface area contributed by atoms with Crippen molar-refractivity contribution < 1.29 is 23.5 Å². The number of anilines is 2. The number of cyclic esters (lactones) is 1. The van der Waals surface area contributed by atoms with Crippen LogP contribution in [0.15, 0.2) is 42.5 Å². The number of hydrogen-bond donors (Lipinski definition) is 1. The Hall–Kier alpha value is -3.22. The Morgan fingerprint density at radius 3 is 2.56 bits per heavy atom. The quantitative estimate of drug-likeness (QED) is 0.787. The van der Waals surface area contributed by atoms with Gasteiger partial charge in [-0.2, -0.15) is 0 Å². The Morgan fingerprint density at radius 2 is 1.89 bits per heavy atom. The zero-order chi connectivity index (χ0) is 19.4. The number of amides is 2. The molecule has 2 amide bonds. The molecule has 6 nitrogen and oxygen atoms in total. The summed E-state index contributed by atoms with van der Waals surface area (Å²) < 4.78 is 18.9. The van der Waals surface area contributed by atoms with Crippen molar-refractivity contribution in [2.75, 3.05) is 23.4 Å². The van der Waals surface area contributed by atoms with Crippen LogP contribution in [0.3, 0.4) is 0 Å². The molecule has 1 saturated heterocycles. The van der Waals surface area contributed by atoms with Crippen LogP contribution in [0.1, 0.15) is 28.8 Å². The van der Waals surface area contributed by atoms with Gasteiger partial charge in [-0.25, -0.2) is 9.18 Å². The van der Waals surface area contributed by atoms with E-state index in [0.29, 0.717) is 17.8 Å². The first-order valence-electron chi connectivity index (χ1n) is 8.57. The van der Waals surface area contributed by atoms with E-state index in [9.17, 15) is 18.8 Å². The molecule has 2 aromatic rings. The average molecular weight is 370 g/mol. The van der Waals surface area contributed by atoms with E-state index in [4.69, 9.17) is 4.74 Å². The van der Waals surface area contributed by atoms with Gasteiger partial charge in [0.1, 0.15) is 12.4 Å². The molecule has 0 bridgehead atoms. The number of ether oxygens (including phenoxy) is 1. The summed E-state index contributed by atoms with van der Waals surface area (Å²) in [6, 6.07) is 11.1. The molecule has 27 heavy (non-hydrogen) atoms.